The Labute approximate surface area is 121 Å². The van der Waals surface area contributed by atoms with Crippen molar-refractivity contribution in [3.8, 4) is 22.8 Å². The third-order valence-corrected chi connectivity index (χ3v) is 3.90. The van der Waals surface area contributed by atoms with Crippen LogP contribution in [0.5, 0.6) is 11.6 Å². The van der Waals surface area contributed by atoms with Gasteiger partial charge in [0, 0.05) is 23.9 Å². The van der Waals surface area contributed by atoms with Crippen molar-refractivity contribution in [3.05, 3.63) is 36.0 Å². The molecule has 5 nitrogen and oxygen atoms in total. The van der Waals surface area contributed by atoms with E-state index in [1.807, 2.05) is 24.3 Å². The summed E-state index contributed by atoms with van der Waals surface area (Å²) in [5.41, 5.74) is 4.08. The van der Waals surface area contributed by atoms with E-state index in [-0.39, 0.29) is 18.6 Å². The highest BCUT2D eigenvalue weighted by atomic mass is 16.7. The largest absolute Gasteiger partial charge is 0.452 e. The van der Waals surface area contributed by atoms with Crippen molar-refractivity contribution >= 4 is 11.6 Å². The van der Waals surface area contributed by atoms with Crippen molar-refractivity contribution in [2.75, 3.05) is 12.1 Å². The zero-order valence-corrected chi connectivity index (χ0v) is 11.6. The van der Waals surface area contributed by atoms with E-state index in [1.54, 1.807) is 6.20 Å². The number of rotatable bonds is 1. The topological polar surface area (TPSA) is 60.5 Å². The summed E-state index contributed by atoms with van der Waals surface area (Å²) in [6, 6.07) is 7.87. The highest BCUT2D eigenvalue weighted by Gasteiger charge is 2.25. The summed E-state index contributed by atoms with van der Waals surface area (Å²) >= 11 is 0. The van der Waals surface area contributed by atoms with Crippen LogP contribution in [-0.2, 0) is 4.79 Å². The second-order valence-corrected chi connectivity index (χ2v) is 5.35. The molecule has 0 aliphatic carbocycles. The SMILES string of the molecule is CC1CC(=O)Nc2cccc(-c3cnc4c(c3)OCO4)c21. The number of hydrogen-bond donors (Lipinski definition) is 1. The predicted octanol–water partition coefficient (Wildman–Crippen LogP) is 2.92. The zero-order chi connectivity index (χ0) is 14.4. The molecule has 4 rings (SSSR count). The molecular weight excluding hydrogens is 268 g/mol. The number of hydrogen-bond acceptors (Lipinski definition) is 4. The minimum absolute atomic E-state index is 0.0657. The molecule has 0 spiro atoms. The van der Waals surface area contributed by atoms with Crippen LogP contribution < -0.4 is 14.8 Å². The van der Waals surface area contributed by atoms with Crippen LogP contribution in [0.3, 0.4) is 0 Å². The van der Waals surface area contributed by atoms with E-state index < -0.39 is 0 Å². The van der Waals surface area contributed by atoms with Crippen LogP contribution >= 0.6 is 0 Å². The maximum Gasteiger partial charge on any atom is 0.260 e. The van der Waals surface area contributed by atoms with Crippen LogP contribution in [0.4, 0.5) is 5.69 Å². The van der Waals surface area contributed by atoms with E-state index in [0.29, 0.717) is 18.1 Å². The summed E-state index contributed by atoms with van der Waals surface area (Å²) < 4.78 is 10.6. The first-order chi connectivity index (χ1) is 10.2. The number of anilines is 1. The fourth-order valence-corrected chi connectivity index (χ4v) is 2.98. The molecular formula is C16H14N2O3. The van der Waals surface area contributed by atoms with Crippen LogP contribution in [0.15, 0.2) is 30.5 Å². The monoisotopic (exact) mass is 282 g/mol. The van der Waals surface area contributed by atoms with Crippen molar-refractivity contribution in [1.82, 2.24) is 4.98 Å². The number of aromatic nitrogens is 1. The van der Waals surface area contributed by atoms with Crippen LogP contribution in [-0.4, -0.2) is 17.7 Å². The summed E-state index contributed by atoms with van der Waals surface area (Å²) in [4.78, 5) is 16.0. The smallest absolute Gasteiger partial charge is 0.260 e. The maximum absolute atomic E-state index is 11.7. The second-order valence-electron chi connectivity index (χ2n) is 5.35. The Morgan fingerprint density at radius 1 is 1.33 bits per heavy atom. The quantitative estimate of drug-likeness (QED) is 0.873. The lowest BCUT2D eigenvalue weighted by Crippen LogP contribution is -2.22. The minimum Gasteiger partial charge on any atom is -0.452 e. The standard InChI is InChI=1S/C16H14N2O3/c1-9-5-14(19)18-12-4-2-3-11(15(9)12)10-6-13-16(17-7-10)21-8-20-13/h2-4,6-7,9H,5,8H2,1H3,(H,18,19). The maximum atomic E-state index is 11.7. The van der Waals surface area contributed by atoms with Gasteiger partial charge >= 0.3 is 0 Å². The van der Waals surface area contributed by atoms with Gasteiger partial charge in [0.2, 0.25) is 12.7 Å². The average molecular weight is 282 g/mol. The zero-order valence-electron chi connectivity index (χ0n) is 11.6. The van der Waals surface area contributed by atoms with Gasteiger partial charge in [-0.2, -0.15) is 0 Å². The van der Waals surface area contributed by atoms with Gasteiger partial charge in [-0.15, -0.1) is 0 Å². The Bertz CT molecular complexity index is 742. The Morgan fingerprint density at radius 3 is 3.14 bits per heavy atom. The molecule has 21 heavy (non-hydrogen) atoms. The number of benzene rings is 1. The molecule has 3 heterocycles. The molecule has 1 N–H and O–H groups in total. The molecule has 1 aromatic carbocycles. The van der Waals surface area contributed by atoms with Crippen molar-refractivity contribution in [2.45, 2.75) is 19.3 Å². The first-order valence-electron chi connectivity index (χ1n) is 6.91. The van der Waals surface area contributed by atoms with Crippen molar-refractivity contribution in [1.29, 1.82) is 0 Å². The summed E-state index contributed by atoms with van der Waals surface area (Å²) in [5, 5.41) is 2.94. The second kappa shape index (κ2) is 4.48. The number of amides is 1. The van der Waals surface area contributed by atoms with Gasteiger partial charge in [-0.05, 0) is 29.2 Å². The van der Waals surface area contributed by atoms with E-state index in [1.165, 1.54) is 0 Å². The highest BCUT2D eigenvalue weighted by Crippen LogP contribution is 2.41. The van der Waals surface area contributed by atoms with Gasteiger partial charge in [0.25, 0.3) is 5.88 Å². The number of nitrogens with one attached hydrogen (secondary N) is 1. The molecule has 0 radical (unpaired) electrons. The van der Waals surface area contributed by atoms with E-state index in [9.17, 15) is 4.79 Å². The summed E-state index contributed by atoms with van der Waals surface area (Å²) in [7, 11) is 0. The number of ether oxygens (including phenoxy) is 2. The molecule has 2 aliphatic heterocycles. The molecule has 0 bridgehead atoms. The third kappa shape index (κ3) is 1.93. The normalized spacial score (nSPS) is 19.1. The molecule has 106 valence electrons. The highest BCUT2D eigenvalue weighted by molar-refractivity contribution is 5.96. The van der Waals surface area contributed by atoms with Gasteiger partial charge in [0.05, 0.1) is 0 Å². The van der Waals surface area contributed by atoms with Gasteiger partial charge in [-0.25, -0.2) is 4.98 Å². The Balaban J connectivity index is 1.86. The lowest BCUT2D eigenvalue weighted by molar-refractivity contribution is -0.116. The molecule has 5 heteroatoms. The number of fused-ring (bicyclic) bond motifs is 2. The van der Waals surface area contributed by atoms with Gasteiger partial charge in [0.15, 0.2) is 5.75 Å². The van der Waals surface area contributed by atoms with E-state index >= 15 is 0 Å². The van der Waals surface area contributed by atoms with Crippen molar-refractivity contribution in [2.24, 2.45) is 0 Å². The Morgan fingerprint density at radius 2 is 2.24 bits per heavy atom. The van der Waals surface area contributed by atoms with Gasteiger partial charge in [0.1, 0.15) is 0 Å². The molecule has 0 saturated carbocycles. The van der Waals surface area contributed by atoms with E-state index in [4.69, 9.17) is 9.47 Å². The van der Waals surface area contributed by atoms with Crippen LogP contribution in [0, 0.1) is 0 Å². The number of nitrogens with zero attached hydrogens (tertiary/aromatic N) is 1. The minimum atomic E-state index is 0.0657. The number of carbonyl (C=O) groups excluding carboxylic acids is 1. The average Bonchev–Trinajstić information content (AvgIpc) is 2.93. The van der Waals surface area contributed by atoms with Crippen LogP contribution in [0.1, 0.15) is 24.8 Å². The summed E-state index contributed by atoms with van der Waals surface area (Å²) in [6.45, 7) is 2.28. The van der Waals surface area contributed by atoms with Crippen LogP contribution in [0.25, 0.3) is 11.1 Å². The fourth-order valence-electron chi connectivity index (χ4n) is 2.98. The first kappa shape index (κ1) is 12.2. The summed E-state index contributed by atoms with van der Waals surface area (Å²) in [6.07, 6.45) is 2.29. The molecule has 0 saturated heterocycles. The van der Waals surface area contributed by atoms with Gasteiger partial charge in [-0.3, -0.25) is 4.79 Å². The molecule has 2 aromatic rings. The number of pyridine rings is 1. The predicted molar refractivity (Wildman–Crippen MR) is 77.5 cm³/mol. The molecule has 2 aliphatic rings. The number of carbonyl (C=O) groups is 1. The Hall–Kier alpha value is -2.56. The fraction of sp³-hybridized carbons (Fsp3) is 0.250. The lowest BCUT2D eigenvalue weighted by Gasteiger charge is -2.25. The van der Waals surface area contributed by atoms with Crippen LogP contribution in [0.2, 0.25) is 0 Å². The van der Waals surface area contributed by atoms with E-state index in [2.05, 4.69) is 17.2 Å². The van der Waals surface area contributed by atoms with Crippen molar-refractivity contribution in [3.63, 3.8) is 0 Å². The summed E-state index contributed by atoms with van der Waals surface area (Å²) in [5.74, 6) is 1.44. The van der Waals surface area contributed by atoms with Crippen molar-refractivity contribution < 1.29 is 14.3 Å². The van der Waals surface area contributed by atoms with E-state index in [0.717, 1.165) is 22.4 Å². The lowest BCUT2D eigenvalue weighted by atomic mass is 9.86. The molecule has 1 unspecified atom stereocenters. The Kier molecular flexibility index (Phi) is 2.60. The molecule has 0 fully saturated rings. The van der Waals surface area contributed by atoms with Gasteiger partial charge < -0.3 is 14.8 Å². The van der Waals surface area contributed by atoms with Gasteiger partial charge in [-0.1, -0.05) is 19.1 Å². The third-order valence-electron chi connectivity index (χ3n) is 3.90. The molecule has 1 aromatic heterocycles. The molecule has 1 amide bonds. The molecule has 1 atom stereocenters. The first-order valence-corrected chi connectivity index (χ1v) is 6.91.